The van der Waals surface area contributed by atoms with Gasteiger partial charge in [0.25, 0.3) is 0 Å². The SMILES string of the molecule is N=C(N)N.O=C=Nc1ccccc1O. The van der Waals surface area contributed by atoms with Crippen molar-refractivity contribution in [2.75, 3.05) is 0 Å². The van der Waals surface area contributed by atoms with Crippen LogP contribution in [-0.2, 0) is 4.79 Å². The number of rotatable bonds is 1. The molecule has 0 aliphatic rings. The Morgan fingerprint density at radius 1 is 1.43 bits per heavy atom. The van der Waals surface area contributed by atoms with Gasteiger partial charge in [0.2, 0.25) is 6.08 Å². The fraction of sp³-hybridized carbons (Fsp3) is 0. The fourth-order valence-electron chi connectivity index (χ4n) is 0.608. The maximum Gasteiger partial charge on any atom is 0.240 e. The van der Waals surface area contributed by atoms with Crippen LogP contribution in [0.4, 0.5) is 5.69 Å². The van der Waals surface area contributed by atoms with Crippen LogP contribution in [0, 0.1) is 5.41 Å². The number of para-hydroxylation sites is 2. The highest BCUT2D eigenvalue weighted by atomic mass is 16.3. The Kier molecular flexibility index (Phi) is 5.18. The summed E-state index contributed by atoms with van der Waals surface area (Å²) in [6.07, 6.45) is 1.34. The van der Waals surface area contributed by atoms with E-state index in [2.05, 4.69) is 16.5 Å². The van der Waals surface area contributed by atoms with Crippen LogP contribution in [0.1, 0.15) is 0 Å². The minimum atomic E-state index is -0.333. The number of nitrogens with zero attached hydrogens (tertiary/aromatic N) is 1. The summed E-state index contributed by atoms with van der Waals surface area (Å²) in [5.41, 5.74) is 9.19. The average Bonchev–Trinajstić information content (AvgIpc) is 2.08. The zero-order valence-electron chi connectivity index (χ0n) is 7.27. The summed E-state index contributed by atoms with van der Waals surface area (Å²) in [6, 6.07) is 6.31. The molecule has 0 spiro atoms. The number of hydrogen-bond acceptors (Lipinski definition) is 4. The van der Waals surface area contributed by atoms with Crippen molar-refractivity contribution < 1.29 is 9.90 Å². The number of hydrogen-bond donors (Lipinski definition) is 4. The number of aromatic hydroxyl groups is 1. The van der Waals surface area contributed by atoms with Gasteiger partial charge >= 0.3 is 0 Å². The smallest absolute Gasteiger partial charge is 0.240 e. The topological polar surface area (TPSA) is 126 Å². The van der Waals surface area contributed by atoms with Crippen molar-refractivity contribution in [3.05, 3.63) is 24.3 Å². The molecule has 6 N–H and O–H groups in total. The predicted molar refractivity (Wildman–Crippen MR) is 52.0 cm³/mol. The maximum atomic E-state index is 9.72. The van der Waals surface area contributed by atoms with Gasteiger partial charge in [0.15, 0.2) is 5.96 Å². The number of nitrogens with two attached hydrogens (primary N) is 2. The first-order chi connectivity index (χ1) is 6.57. The second-order valence-corrected chi connectivity index (χ2v) is 2.15. The molecule has 1 rings (SSSR count). The van der Waals surface area contributed by atoms with Crippen molar-refractivity contribution >= 4 is 17.7 Å². The van der Waals surface area contributed by atoms with Crippen molar-refractivity contribution in [3.8, 4) is 5.75 Å². The molecule has 0 aliphatic heterocycles. The van der Waals surface area contributed by atoms with E-state index in [0.717, 1.165) is 0 Å². The molecule has 0 amide bonds. The van der Waals surface area contributed by atoms with Crippen molar-refractivity contribution in [3.63, 3.8) is 0 Å². The Morgan fingerprint density at radius 2 is 1.93 bits per heavy atom. The highest BCUT2D eigenvalue weighted by Crippen LogP contribution is 2.23. The summed E-state index contributed by atoms with van der Waals surface area (Å²) >= 11 is 0. The molecule has 0 saturated carbocycles. The molecule has 1 aromatic carbocycles. The van der Waals surface area contributed by atoms with Crippen molar-refractivity contribution in [2.24, 2.45) is 16.5 Å². The Labute approximate surface area is 80.4 Å². The summed E-state index contributed by atoms with van der Waals surface area (Å²) in [6.45, 7) is 0. The summed E-state index contributed by atoms with van der Waals surface area (Å²) < 4.78 is 0. The number of nitrogens with one attached hydrogen (secondary N) is 1. The predicted octanol–water partition coefficient (Wildman–Crippen LogP) is 0.198. The van der Waals surface area contributed by atoms with Crippen molar-refractivity contribution in [2.45, 2.75) is 0 Å². The maximum absolute atomic E-state index is 9.72. The minimum absolute atomic E-state index is 0.00847. The lowest BCUT2D eigenvalue weighted by Crippen LogP contribution is -2.20. The third kappa shape index (κ3) is 5.34. The second-order valence-electron chi connectivity index (χ2n) is 2.15. The van der Waals surface area contributed by atoms with Gasteiger partial charge in [-0.3, -0.25) is 5.41 Å². The zero-order chi connectivity index (χ0) is 11.0. The number of carbonyl (C=O) groups excluding carboxylic acids is 1. The standard InChI is InChI=1S/C7H5NO2.CH5N3/c9-5-8-6-3-1-2-4-7(6)10;2-1(3)4/h1-4,10H;(H5,2,3,4). The van der Waals surface area contributed by atoms with Crippen LogP contribution in [0.15, 0.2) is 29.3 Å². The van der Waals surface area contributed by atoms with Crippen LogP contribution < -0.4 is 11.5 Å². The number of benzene rings is 1. The van der Waals surface area contributed by atoms with E-state index >= 15 is 0 Å². The molecule has 0 heterocycles. The first kappa shape index (κ1) is 11.7. The van der Waals surface area contributed by atoms with Gasteiger partial charge in [0, 0.05) is 0 Å². The van der Waals surface area contributed by atoms with Gasteiger partial charge in [-0.2, -0.15) is 4.99 Å². The van der Waals surface area contributed by atoms with E-state index in [0.29, 0.717) is 0 Å². The molecule has 6 nitrogen and oxygen atoms in total. The first-order valence-corrected chi connectivity index (χ1v) is 3.53. The van der Waals surface area contributed by atoms with E-state index in [9.17, 15) is 4.79 Å². The molecule has 6 heteroatoms. The van der Waals surface area contributed by atoms with Gasteiger partial charge in [-0.1, -0.05) is 12.1 Å². The van der Waals surface area contributed by atoms with Crippen LogP contribution in [0.2, 0.25) is 0 Å². The van der Waals surface area contributed by atoms with Crippen LogP contribution >= 0.6 is 0 Å². The third-order valence-corrected chi connectivity index (χ3v) is 1.05. The summed E-state index contributed by atoms with van der Waals surface area (Å²) in [5, 5.41) is 15.0. The van der Waals surface area contributed by atoms with Crippen molar-refractivity contribution in [1.29, 1.82) is 5.41 Å². The Morgan fingerprint density at radius 3 is 2.36 bits per heavy atom. The van der Waals surface area contributed by atoms with E-state index in [-0.39, 0.29) is 17.4 Å². The first-order valence-electron chi connectivity index (χ1n) is 3.53. The Hall–Kier alpha value is -2.33. The van der Waals surface area contributed by atoms with Gasteiger partial charge < -0.3 is 16.6 Å². The molecular weight excluding hydrogens is 184 g/mol. The quantitative estimate of drug-likeness (QED) is 0.289. The summed E-state index contributed by atoms with van der Waals surface area (Å²) in [4.78, 5) is 13.0. The largest absolute Gasteiger partial charge is 0.506 e. The lowest BCUT2D eigenvalue weighted by Gasteiger charge is -1.91. The molecule has 0 fully saturated rings. The highest BCUT2D eigenvalue weighted by molar-refractivity contribution is 5.71. The Balaban J connectivity index is 0.000000364. The van der Waals surface area contributed by atoms with Gasteiger partial charge in [-0.25, -0.2) is 4.79 Å². The van der Waals surface area contributed by atoms with E-state index in [1.165, 1.54) is 18.2 Å². The lowest BCUT2D eigenvalue weighted by molar-refractivity contribution is 0.476. The monoisotopic (exact) mass is 194 g/mol. The molecule has 74 valence electrons. The average molecular weight is 194 g/mol. The third-order valence-electron chi connectivity index (χ3n) is 1.05. The summed E-state index contributed by atoms with van der Waals surface area (Å²) in [5.74, 6) is -0.342. The normalized spacial score (nSPS) is 7.71. The number of phenolic OH excluding ortho intramolecular Hbond substituents is 1. The molecule has 0 aliphatic carbocycles. The molecule has 0 unspecified atom stereocenters. The fourth-order valence-corrected chi connectivity index (χ4v) is 0.608. The number of phenols is 1. The summed E-state index contributed by atoms with van der Waals surface area (Å²) in [7, 11) is 0. The van der Waals surface area contributed by atoms with Gasteiger partial charge in [-0.05, 0) is 12.1 Å². The van der Waals surface area contributed by atoms with Crippen LogP contribution in [0.3, 0.4) is 0 Å². The molecule has 1 aromatic rings. The second kappa shape index (κ2) is 6.22. The molecule has 0 aromatic heterocycles. The Bertz CT molecular complexity index is 354. The van der Waals surface area contributed by atoms with E-state index in [1.54, 1.807) is 12.1 Å². The van der Waals surface area contributed by atoms with Crippen molar-refractivity contribution in [1.82, 2.24) is 0 Å². The molecule has 0 bridgehead atoms. The van der Waals surface area contributed by atoms with E-state index < -0.39 is 0 Å². The molecule has 0 atom stereocenters. The molecule has 0 radical (unpaired) electrons. The highest BCUT2D eigenvalue weighted by Gasteiger charge is 1.93. The van der Waals surface area contributed by atoms with Gasteiger partial charge in [0.05, 0.1) is 0 Å². The number of aliphatic imine (C=N–C) groups is 1. The van der Waals surface area contributed by atoms with Crippen LogP contribution in [0.25, 0.3) is 0 Å². The number of isocyanates is 1. The zero-order valence-corrected chi connectivity index (χ0v) is 7.27. The minimum Gasteiger partial charge on any atom is -0.506 e. The van der Waals surface area contributed by atoms with E-state index in [4.69, 9.17) is 10.5 Å². The van der Waals surface area contributed by atoms with Crippen LogP contribution in [-0.4, -0.2) is 17.1 Å². The molecule has 0 saturated heterocycles. The lowest BCUT2D eigenvalue weighted by atomic mass is 10.3. The van der Waals surface area contributed by atoms with Gasteiger partial charge in [-0.15, -0.1) is 0 Å². The van der Waals surface area contributed by atoms with E-state index in [1.807, 2.05) is 0 Å². The molecule has 14 heavy (non-hydrogen) atoms. The molecular formula is C8H10N4O2. The van der Waals surface area contributed by atoms with Crippen LogP contribution in [0.5, 0.6) is 5.75 Å². The number of guanidine groups is 1. The van der Waals surface area contributed by atoms with Gasteiger partial charge in [0.1, 0.15) is 11.4 Å².